The summed E-state index contributed by atoms with van der Waals surface area (Å²) in [6.45, 7) is 6.55. The average Bonchev–Trinajstić information content (AvgIpc) is 2.71. The molecule has 0 fully saturated rings. The van der Waals surface area contributed by atoms with Gasteiger partial charge in [-0.2, -0.15) is 0 Å². The molecule has 18 heavy (non-hydrogen) atoms. The van der Waals surface area contributed by atoms with Gasteiger partial charge in [0.1, 0.15) is 0 Å². The van der Waals surface area contributed by atoms with Crippen molar-refractivity contribution in [3.63, 3.8) is 0 Å². The molecule has 3 rings (SSSR count). The molecule has 0 heterocycles. The first kappa shape index (κ1) is 11.3. The normalized spacial score (nSPS) is 13.4. The van der Waals surface area contributed by atoms with Crippen LogP contribution in [0, 0.1) is 20.3 Å². The standard InChI is InChI=1S/C18H17/c1-12-10-15-9-8-14(3)18(17(15)11-12)16-7-5-4-6-13(16)2/h4-11H,1-3H3. The topological polar surface area (TPSA) is 0 Å². The van der Waals surface area contributed by atoms with Gasteiger partial charge in [-0.1, -0.05) is 48.0 Å². The minimum Gasteiger partial charge on any atom is -0.0642 e. The molecule has 0 atom stereocenters. The fourth-order valence-electron chi connectivity index (χ4n) is 2.75. The molecular weight excluding hydrogens is 216 g/mol. The van der Waals surface area contributed by atoms with Crippen molar-refractivity contribution >= 4 is 6.08 Å². The van der Waals surface area contributed by atoms with Crippen molar-refractivity contribution in [3.8, 4) is 11.1 Å². The lowest BCUT2D eigenvalue weighted by Crippen LogP contribution is -1.92. The van der Waals surface area contributed by atoms with Crippen LogP contribution >= 0.6 is 0 Å². The fraction of sp³-hybridized carbons (Fsp3) is 0.167. The van der Waals surface area contributed by atoms with E-state index in [0.29, 0.717) is 0 Å². The number of benzene rings is 2. The summed E-state index contributed by atoms with van der Waals surface area (Å²) in [5.41, 5.74) is 9.49. The molecule has 2 aromatic carbocycles. The van der Waals surface area contributed by atoms with Crippen LogP contribution in [-0.2, 0) is 0 Å². The van der Waals surface area contributed by atoms with Crippen molar-refractivity contribution in [1.82, 2.24) is 0 Å². The summed E-state index contributed by atoms with van der Waals surface area (Å²) < 4.78 is 0. The Labute approximate surface area is 109 Å². The monoisotopic (exact) mass is 233 g/mol. The second-order valence-electron chi connectivity index (χ2n) is 5.11. The molecule has 0 aliphatic heterocycles. The molecule has 1 radical (unpaired) electrons. The maximum absolute atomic E-state index is 2.30. The first-order valence-electron chi connectivity index (χ1n) is 6.39. The van der Waals surface area contributed by atoms with E-state index in [1.807, 2.05) is 0 Å². The molecular formula is C18H17. The van der Waals surface area contributed by atoms with Crippen LogP contribution in [0.3, 0.4) is 0 Å². The number of rotatable bonds is 1. The van der Waals surface area contributed by atoms with Crippen molar-refractivity contribution in [1.29, 1.82) is 0 Å². The van der Waals surface area contributed by atoms with Crippen LogP contribution in [0.25, 0.3) is 17.2 Å². The quantitative estimate of drug-likeness (QED) is 0.654. The summed E-state index contributed by atoms with van der Waals surface area (Å²) >= 11 is 0. The molecule has 1 aliphatic rings. The van der Waals surface area contributed by atoms with Crippen LogP contribution < -0.4 is 0 Å². The maximum atomic E-state index is 2.30. The second kappa shape index (κ2) is 4.13. The summed E-state index contributed by atoms with van der Waals surface area (Å²) in [5.74, 6) is 0. The van der Waals surface area contributed by atoms with Gasteiger partial charge in [-0.05, 0) is 54.2 Å². The third-order valence-corrected chi connectivity index (χ3v) is 3.66. The Morgan fingerprint density at radius 1 is 0.778 bits per heavy atom. The van der Waals surface area contributed by atoms with E-state index in [1.54, 1.807) is 0 Å². The van der Waals surface area contributed by atoms with Crippen molar-refractivity contribution in [3.05, 3.63) is 70.6 Å². The molecule has 0 N–H and O–H groups in total. The minimum atomic E-state index is 1.34. The zero-order valence-corrected chi connectivity index (χ0v) is 11.1. The van der Waals surface area contributed by atoms with Crippen molar-refractivity contribution in [2.24, 2.45) is 0 Å². The van der Waals surface area contributed by atoms with Crippen LogP contribution in [-0.4, -0.2) is 0 Å². The van der Waals surface area contributed by atoms with Gasteiger partial charge in [0.25, 0.3) is 0 Å². The zero-order valence-electron chi connectivity index (χ0n) is 11.1. The molecule has 0 heteroatoms. The molecule has 0 nitrogen and oxygen atoms in total. The summed E-state index contributed by atoms with van der Waals surface area (Å²) in [4.78, 5) is 0. The van der Waals surface area contributed by atoms with E-state index in [9.17, 15) is 0 Å². The Hall–Kier alpha value is -1.82. The Morgan fingerprint density at radius 3 is 2.33 bits per heavy atom. The van der Waals surface area contributed by atoms with E-state index in [-0.39, 0.29) is 0 Å². The first-order chi connectivity index (χ1) is 8.66. The molecule has 0 bridgehead atoms. The zero-order chi connectivity index (χ0) is 12.7. The van der Waals surface area contributed by atoms with Crippen LogP contribution in [0.5, 0.6) is 0 Å². The third kappa shape index (κ3) is 1.69. The summed E-state index contributed by atoms with van der Waals surface area (Å²) in [6, 6.07) is 13.1. The second-order valence-corrected chi connectivity index (χ2v) is 5.11. The first-order valence-corrected chi connectivity index (χ1v) is 6.39. The number of hydrogen-bond acceptors (Lipinski definition) is 0. The molecule has 2 aromatic rings. The highest BCUT2D eigenvalue weighted by atomic mass is 14.2. The van der Waals surface area contributed by atoms with Gasteiger partial charge in [-0.15, -0.1) is 0 Å². The largest absolute Gasteiger partial charge is 0.0642 e. The summed E-state index contributed by atoms with van der Waals surface area (Å²) in [5, 5.41) is 0. The molecule has 1 aliphatic carbocycles. The summed E-state index contributed by atoms with van der Waals surface area (Å²) in [6.07, 6.45) is 4.56. The Bertz CT molecular complexity index is 645. The van der Waals surface area contributed by atoms with Crippen LogP contribution in [0.1, 0.15) is 29.2 Å². The molecule has 0 saturated heterocycles. The summed E-state index contributed by atoms with van der Waals surface area (Å²) in [7, 11) is 0. The minimum absolute atomic E-state index is 1.34. The lowest BCUT2D eigenvalue weighted by atomic mass is 9.90. The fourth-order valence-corrected chi connectivity index (χ4v) is 2.75. The van der Waals surface area contributed by atoms with E-state index >= 15 is 0 Å². The average molecular weight is 233 g/mol. The predicted molar refractivity (Wildman–Crippen MR) is 78.4 cm³/mol. The highest BCUT2D eigenvalue weighted by molar-refractivity contribution is 5.86. The highest BCUT2D eigenvalue weighted by Gasteiger charge is 2.17. The van der Waals surface area contributed by atoms with E-state index in [4.69, 9.17) is 0 Å². The lowest BCUT2D eigenvalue weighted by Gasteiger charge is -2.14. The van der Waals surface area contributed by atoms with Crippen molar-refractivity contribution in [2.45, 2.75) is 20.8 Å². The molecule has 0 aromatic heterocycles. The SMILES string of the molecule is CC1=Cc2c(ccc(C)c2-c2ccccc2C)[CH]1. The Balaban J connectivity index is 2.31. The van der Waals surface area contributed by atoms with Gasteiger partial charge in [-0.25, -0.2) is 0 Å². The van der Waals surface area contributed by atoms with Crippen LogP contribution in [0.4, 0.5) is 0 Å². The van der Waals surface area contributed by atoms with Gasteiger partial charge >= 0.3 is 0 Å². The van der Waals surface area contributed by atoms with Crippen molar-refractivity contribution < 1.29 is 0 Å². The third-order valence-electron chi connectivity index (χ3n) is 3.66. The molecule has 0 saturated carbocycles. The Morgan fingerprint density at radius 2 is 1.56 bits per heavy atom. The highest BCUT2D eigenvalue weighted by Crippen LogP contribution is 2.38. The molecule has 0 spiro atoms. The number of allylic oxidation sites excluding steroid dienone is 1. The predicted octanol–water partition coefficient (Wildman–Crippen LogP) is 4.94. The van der Waals surface area contributed by atoms with Gasteiger partial charge in [0.05, 0.1) is 0 Å². The van der Waals surface area contributed by atoms with Gasteiger partial charge in [0.2, 0.25) is 0 Å². The van der Waals surface area contributed by atoms with E-state index < -0.39 is 0 Å². The van der Waals surface area contributed by atoms with Crippen molar-refractivity contribution in [2.75, 3.05) is 0 Å². The van der Waals surface area contributed by atoms with Gasteiger partial charge in [-0.3, -0.25) is 0 Å². The Kier molecular flexibility index (Phi) is 2.59. The smallest absolute Gasteiger partial charge is 0.0161 e. The molecule has 0 unspecified atom stereocenters. The van der Waals surface area contributed by atoms with Gasteiger partial charge in [0, 0.05) is 6.42 Å². The number of fused-ring (bicyclic) bond motifs is 1. The molecule has 89 valence electrons. The van der Waals surface area contributed by atoms with Crippen LogP contribution in [0.2, 0.25) is 0 Å². The lowest BCUT2D eigenvalue weighted by molar-refractivity contribution is 1.37. The van der Waals surface area contributed by atoms with E-state index in [0.717, 1.165) is 0 Å². The molecule has 0 amide bonds. The van der Waals surface area contributed by atoms with E-state index in [1.165, 1.54) is 39.0 Å². The van der Waals surface area contributed by atoms with Gasteiger partial charge in [0.15, 0.2) is 0 Å². The number of aryl methyl sites for hydroxylation is 2. The van der Waals surface area contributed by atoms with Crippen LogP contribution in [0.15, 0.2) is 42.0 Å². The van der Waals surface area contributed by atoms with E-state index in [2.05, 4.69) is 69.7 Å². The number of hydrogen-bond donors (Lipinski definition) is 0. The maximum Gasteiger partial charge on any atom is 0.0161 e. The van der Waals surface area contributed by atoms with Gasteiger partial charge < -0.3 is 0 Å².